The van der Waals surface area contributed by atoms with Gasteiger partial charge in [-0.2, -0.15) is 24.3 Å². The van der Waals surface area contributed by atoms with Gasteiger partial charge in [0.15, 0.2) is 6.68 Å². The smallest absolute Gasteiger partial charge is 1.00 e. The van der Waals surface area contributed by atoms with Crippen molar-refractivity contribution in [1.82, 2.24) is 0 Å². The molecule has 0 aliphatic heterocycles. The van der Waals surface area contributed by atoms with Gasteiger partial charge in [-0.05, 0) is 0 Å². The second kappa shape index (κ2) is 152. The summed E-state index contributed by atoms with van der Waals surface area (Å²) >= 11 is 8.11. The van der Waals surface area contributed by atoms with Crippen LogP contribution in [-0.2, 0) is 0 Å². The third-order valence-electron chi connectivity index (χ3n) is 5.93. The number of nitriles is 1. The zero-order valence-corrected chi connectivity index (χ0v) is 59.3. The topological polar surface area (TPSA) is 99.6 Å². The van der Waals surface area contributed by atoms with Gasteiger partial charge in [-0.15, -0.1) is 0 Å². The van der Waals surface area contributed by atoms with E-state index in [0.717, 1.165) is 0 Å². The van der Waals surface area contributed by atoms with Gasteiger partial charge in [-0.25, -0.2) is 11.0 Å². The van der Waals surface area contributed by atoms with E-state index in [-0.39, 0.29) is 228 Å². The number of unbranched alkanes of at least 4 members (excludes halogenated alkanes) is 20. The molecule has 0 radical (unpaired) electrons. The molecule has 0 saturated heterocycles. The van der Waals surface area contributed by atoms with E-state index < -0.39 is 35.2 Å². The molecule has 0 aromatic heterocycles. The Hall–Kier alpha value is 5.29. The van der Waals surface area contributed by atoms with E-state index in [2.05, 4.69) is 102 Å². The maximum absolute atomic E-state index is 10.4. The van der Waals surface area contributed by atoms with Gasteiger partial charge in [0.1, 0.15) is 7.38 Å². The maximum atomic E-state index is 10.4. The number of rotatable bonds is 20. The molecule has 4 nitrogen and oxygen atoms in total. The van der Waals surface area contributed by atoms with Crippen molar-refractivity contribution in [2.45, 2.75) is 273 Å². The second-order valence-corrected chi connectivity index (χ2v) is 20.7. The normalized spacial score (nSPS) is 7.60. The van der Waals surface area contributed by atoms with Crippen molar-refractivity contribution in [3.8, 4) is 5.97 Å². The number of nitrogens with zero attached hydrogens (tertiary/aromatic N) is 2. The molecule has 0 aliphatic carbocycles. The molecule has 0 bridgehead atoms. The van der Waals surface area contributed by atoms with Gasteiger partial charge >= 0.3 is 183 Å². The molecule has 0 fully saturated rings. The first-order chi connectivity index (χ1) is 27.4. The van der Waals surface area contributed by atoms with E-state index in [0.29, 0.717) is 5.97 Å². The molecule has 0 unspecified atom stereocenters. The monoisotopic (exact) mass is 1300 g/mol. The summed E-state index contributed by atoms with van der Waals surface area (Å²) in [4.78, 5) is 0. The van der Waals surface area contributed by atoms with Crippen molar-refractivity contribution in [1.29, 1.82) is 10.5 Å². The van der Waals surface area contributed by atoms with Crippen molar-refractivity contribution in [3.05, 3.63) is 13.3 Å². The molecule has 70 heavy (non-hydrogen) atoms. The number of nitrogens with two attached hydrogens (primary N) is 2. The fourth-order valence-corrected chi connectivity index (χ4v) is 3.41. The zero-order chi connectivity index (χ0) is 49.4. The molecular weight excluding hydrogens is 1200 g/mol. The molecule has 26 heteroatoms. The van der Waals surface area contributed by atoms with E-state index in [9.17, 15) is 47.9 Å². The third kappa shape index (κ3) is 514. The van der Waals surface area contributed by atoms with Crippen molar-refractivity contribution in [3.63, 3.8) is 0 Å². The molecule has 0 aromatic rings. The summed E-state index contributed by atoms with van der Waals surface area (Å²) in [5.74, 6) is 0.694. The second-order valence-electron chi connectivity index (χ2n) is 13.2. The first-order valence-corrected chi connectivity index (χ1v) is 26.2. The quantitative estimate of drug-likeness (QED) is 0.0363. The molecule has 0 aromatic carbocycles. The molecule has 420 valence electrons. The first kappa shape index (κ1) is 146. The summed E-state index contributed by atoms with van der Waals surface area (Å²) in [5.41, 5.74) is 3.35. The summed E-state index contributed by atoms with van der Waals surface area (Å²) in [5, 5.41) is 13.4. The predicted molar refractivity (Wildman–Crippen MR) is 277 cm³/mol. The van der Waals surface area contributed by atoms with Crippen LogP contribution in [-0.4, -0.2) is 28.5 Å². The number of alkyl halides is 3. The van der Waals surface area contributed by atoms with Crippen molar-refractivity contribution < 1.29 is 239 Å². The Morgan fingerprint density at radius 1 is 0.514 bits per heavy atom. The molecular formula is C44H105B2Br2Cl2F11K2N4Na2Si. The van der Waals surface area contributed by atoms with E-state index in [1.165, 1.54) is 154 Å². The van der Waals surface area contributed by atoms with E-state index in [4.69, 9.17) is 28.2 Å². The van der Waals surface area contributed by atoms with Gasteiger partial charge in [-0.1, -0.05) is 266 Å². The van der Waals surface area contributed by atoms with Crippen LogP contribution in [0.5, 0.6) is 0 Å². The van der Waals surface area contributed by atoms with Crippen LogP contribution in [0.4, 0.5) is 47.9 Å². The minimum Gasteiger partial charge on any atom is -1.00 e. The molecule has 0 spiro atoms. The average molecular weight is 1300 g/mol. The summed E-state index contributed by atoms with van der Waals surface area (Å²) < 4.78 is 113. The summed E-state index contributed by atoms with van der Waals surface area (Å²) in [7, 11) is -7.62. The number of halogens is 15. The van der Waals surface area contributed by atoms with Crippen molar-refractivity contribution >= 4 is 49.4 Å². The van der Waals surface area contributed by atoms with Crippen LogP contribution in [0.15, 0.2) is 0 Å². The van der Waals surface area contributed by atoms with E-state index in [1.807, 2.05) is 0 Å². The Labute approximate surface area is 592 Å². The summed E-state index contributed by atoms with van der Waals surface area (Å²) in [6.45, 7) is 26.0. The standard InChI is InChI=1S/4C8H18.C3H9ClSi.CBF2N.CH2F3N.CF3.CN.5CH4.BF3.BrH2N.BrH.ClH.2K.2Na/c4*1-3-5-7-8-6-4-2;1-5(2,3)4;3-2(4)1-5;2-1(3,4)5;2-1(3)4;1-2;;;;;;2-1(3)4;1-2;;;;;;/h4*3-8H2,1-2H3;1-3H3;;5H2;;;5*1H4;;2H2;2*1H;;;;/q;;;;;;;2*-1;;;;;;;;;;4*+1/p-2. The molecule has 4 N–H and O–H groups in total. The van der Waals surface area contributed by atoms with Crippen LogP contribution in [0.1, 0.15) is 247 Å². The maximum Gasteiger partial charge on any atom is 1.00 e. The molecule has 0 aliphatic rings. The fourth-order valence-electron chi connectivity index (χ4n) is 3.41. The SMILES string of the molecule is C.C.C.C.C.CCCCCCCC.CCCCCCCC.CCCCCCCC.CCCCCCCC.C[Si](C)(C)Cl.FB(F)F.F[C-](F)F.N#CB(F)F.NBr.NC(F)(F)F.[Br-].[C-]#N.[Cl-].[K+].[K+].[Na+].[Na+]. The van der Waals surface area contributed by atoms with Crippen LogP contribution in [0, 0.1) is 29.7 Å². The summed E-state index contributed by atoms with van der Waals surface area (Å²) in [6, 6.07) is 0. The van der Waals surface area contributed by atoms with Crippen molar-refractivity contribution in [2.75, 3.05) is 0 Å². The van der Waals surface area contributed by atoms with Gasteiger partial charge in [0.2, 0.25) is 0 Å². The van der Waals surface area contributed by atoms with Gasteiger partial charge in [0, 0.05) is 16.1 Å². The predicted octanol–water partition coefficient (Wildman–Crippen LogP) is 4.25. The fraction of sp³-hybridized carbons (Fsp3) is 0.932. The van der Waals surface area contributed by atoms with Crippen LogP contribution in [0.25, 0.3) is 0 Å². The van der Waals surface area contributed by atoms with Gasteiger partial charge in [-0.3, -0.25) is 26.3 Å². The first-order valence-electron chi connectivity index (χ1n) is 20.8. The molecule has 0 amide bonds. The van der Waals surface area contributed by atoms with E-state index >= 15 is 0 Å². The molecule has 0 rings (SSSR count). The zero-order valence-electron chi connectivity index (χ0n) is 43.3. The van der Waals surface area contributed by atoms with E-state index in [1.54, 1.807) is 0 Å². The molecule has 0 heterocycles. The largest absolute Gasteiger partial charge is 1.00 e. The Balaban J connectivity index is -0.0000000182. The van der Waals surface area contributed by atoms with Gasteiger partial charge < -0.3 is 54.4 Å². The number of hydrogen-bond donors (Lipinski definition) is 2. The number of hydrogen-bond acceptors (Lipinski definition) is 4. The Kier molecular flexibility index (Phi) is 317. The van der Waals surface area contributed by atoms with Gasteiger partial charge in [0.05, 0.1) is 5.97 Å². The minimum atomic E-state index is -4.50. The Bertz CT molecular complexity index is 608. The van der Waals surface area contributed by atoms with Crippen molar-refractivity contribution in [2.24, 2.45) is 10.5 Å². The molecule has 0 atom stereocenters. The minimum absolute atomic E-state index is 0. The van der Waals surface area contributed by atoms with Crippen LogP contribution < -0.4 is 202 Å². The Morgan fingerprint density at radius 3 is 0.600 bits per heavy atom. The average Bonchev–Trinajstić information content (AvgIpc) is 3.13. The third-order valence-corrected chi connectivity index (χ3v) is 5.93. The van der Waals surface area contributed by atoms with Crippen LogP contribution >= 0.6 is 27.2 Å². The molecule has 0 saturated carbocycles. The van der Waals surface area contributed by atoms with Crippen LogP contribution in [0.3, 0.4) is 0 Å². The van der Waals surface area contributed by atoms with Gasteiger partial charge in [0.25, 0.3) is 0 Å². The Morgan fingerprint density at radius 2 is 0.571 bits per heavy atom. The van der Waals surface area contributed by atoms with Crippen LogP contribution in [0.2, 0.25) is 19.6 Å². The summed E-state index contributed by atoms with van der Waals surface area (Å²) in [6.07, 6.45) is 29.5.